The maximum Gasteiger partial charge on any atom is 0.412 e. The van der Waals surface area contributed by atoms with Crippen molar-refractivity contribution < 1.29 is 13.9 Å². The number of nitrogens with one attached hydrogen (secondary N) is 1. The number of benzene rings is 1. The van der Waals surface area contributed by atoms with Crippen molar-refractivity contribution in [3.8, 4) is 5.69 Å². The highest BCUT2D eigenvalue weighted by molar-refractivity contribution is 5.93. The molecule has 0 radical (unpaired) electrons. The number of nitrogens with zero attached hydrogens (tertiary/aromatic N) is 4. The second-order valence-electron chi connectivity index (χ2n) is 6.76. The normalized spacial score (nSPS) is 13.3. The number of carbonyl (C=O) groups is 1. The molecule has 24 heavy (non-hydrogen) atoms. The van der Waals surface area contributed by atoms with Crippen molar-refractivity contribution in [2.45, 2.75) is 39.8 Å². The first-order valence-corrected chi connectivity index (χ1v) is 7.62. The predicted octanol–water partition coefficient (Wildman–Crippen LogP) is 3.01. The summed E-state index contributed by atoms with van der Waals surface area (Å²) in [4.78, 5) is 18.2. The maximum absolute atomic E-state index is 14.5. The predicted molar refractivity (Wildman–Crippen MR) is 88.0 cm³/mol. The zero-order valence-electron chi connectivity index (χ0n) is 14.3. The van der Waals surface area contributed by atoms with Crippen molar-refractivity contribution in [2.24, 2.45) is 0 Å². The fourth-order valence-corrected chi connectivity index (χ4v) is 2.69. The van der Waals surface area contributed by atoms with Crippen LogP contribution in [-0.4, -0.2) is 33.5 Å². The SMILES string of the molecule is Cc1nc2n(n1)-c1c(F)ccc(NC(=O)OC(C)(C)C)c1N(C)C2. The van der Waals surface area contributed by atoms with E-state index < -0.39 is 17.5 Å². The molecule has 2 aromatic rings. The molecule has 1 N–H and O–H groups in total. The van der Waals surface area contributed by atoms with Gasteiger partial charge in [-0.05, 0) is 39.8 Å². The van der Waals surface area contributed by atoms with Crippen LogP contribution in [0.2, 0.25) is 0 Å². The Balaban J connectivity index is 2.04. The number of rotatable bonds is 1. The van der Waals surface area contributed by atoms with Crippen LogP contribution >= 0.6 is 0 Å². The fourth-order valence-electron chi connectivity index (χ4n) is 2.69. The summed E-state index contributed by atoms with van der Waals surface area (Å²) in [6, 6.07) is 2.81. The van der Waals surface area contributed by atoms with E-state index in [1.54, 1.807) is 27.7 Å². The highest BCUT2D eigenvalue weighted by atomic mass is 19.1. The summed E-state index contributed by atoms with van der Waals surface area (Å²) in [5.74, 6) is 0.782. The average molecular weight is 333 g/mol. The van der Waals surface area contributed by atoms with Gasteiger partial charge >= 0.3 is 6.09 Å². The molecular weight excluding hydrogens is 313 g/mol. The van der Waals surface area contributed by atoms with Crippen molar-refractivity contribution in [3.63, 3.8) is 0 Å². The minimum atomic E-state index is -0.619. The molecule has 0 atom stereocenters. The van der Waals surface area contributed by atoms with E-state index in [4.69, 9.17) is 4.74 Å². The van der Waals surface area contributed by atoms with Crippen LogP contribution in [0.25, 0.3) is 5.69 Å². The molecule has 0 aliphatic carbocycles. The third-order valence-electron chi connectivity index (χ3n) is 3.49. The zero-order valence-corrected chi connectivity index (χ0v) is 14.3. The van der Waals surface area contributed by atoms with E-state index >= 15 is 0 Å². The molecule has 0 spiro atoms. The third kappa shape index (κ3) is 2.91. The first kappa shape index (κ1) is 16.2. The van der Waals surface area contributed by atoms with Crippen LogP contribution in [0, 0.1) is 12.7 Å². The Bertz CT molecular complexity index is 810. The summed E-state index contributed by atoms with van der Waals surface area (Å²) in [5.41, 5.74) is 0.653. The van der Waals surface area contributed by atoms with E-state index in [1.165, 1.54) is 16.8 Å². The van der Waals surface area contributed by atoms with Crippen LogP contribution in [0.5, 0.6) is 0 Å². The monoisotopic (exact) mass is 333 g/mol. The lowest BCUT2D eigenvalue weighted by Crippen LogP contribution is -2.31. The molecule has 7 nitrogen and oxygen atoms in total. The Kier molecular flexibility index (Phi) is 3.70. The number of aryl methyl sites for hydroxylation is 1. The van der Waals surface area contributed by atoms with Gasteiger partial charge in [0.2, 0.25) is 0 Å². The minimum absolute atomic E-state index is 0.271. The van der Waals surface area contributed by atoms with Gasteiger partial charge in [0.05, 0.1) is 17.9 Å². The quantitative estimate of drug-likeness (QED) is 0.868. The van der Waals surface area contributed by atoms with E-state index in [0.29, 0.717) is 29.6 Å². The molecule has 1 aromatic carbocycles. The Morgan fingerprint density at radius 3 is 2.71 bits per heavy atom. The number of ether oxygens (including phenoxy) is 1. The number of halogens is 1. The average Bonchev–Trinajstić information content (AvgIpc) is 2.79. The highest BCUT2D eigenvalue weighted by Gasteiger charge is 2.29. The van der Waals surface area contributed by atoms with Crippen molar-refractivity contribution in [3.05, 3.63) is 29.6 Å². The number of hydrogen-bond acceptors (Lipinski definition) is 5. The van der Waals surface area contributed by atoms with Gasteiger partial charge in [0.15, 0.2) is 11.6 Å². The molecular formula is C16H20FN5O2. The molecule has 0 fully saturated rings. The first-order chi connectivity index (χ1) is 11.2. The van der Waals surface area contributed by atoms with Gasteiger partial charge in [0.1, 0.15) is 17.1 Å². The standard InChI is InChI=1S/C16H20FN5O2/c1-9-18-12-8-21(5)14-11(19-15(23)24-16(2,3)4)7-6-10(17)13(14)22(12)20-9/h6-7H,8H2,1-5H3,(H,19,23). The molecule has 1 aliphatic heterocycles. The summed E-state index contributed by atoms with van der Waals surface area (Å²) < 4.78 is 21.2. The summed E-state index contributed by atoms with van der Waals surface area (Å²) in [6.45, 7) is 7.56. The number of fused-ring (bicyclic) bond motifs is 3. The van der Waals surface area contributed by atoms with Gasteiger partial charge in [-0.25, -0.2) is 18.9 Å². The molecule has 0 unspecified atom stereocenters. The highest BCUT2D eigenvalue weighted by Crippen LogP contribution is 2.38. The van der Waals surface area contributed by atoms with Gasteiger partial charge in [0.25, 0.3) is 0 Å². The summed E-state index contributed by atoms with van der Waals surface area (Å²) >= 11 is 0. The van der Waals surface area contributed by atoms with Crippen molar-refractivity contribution in [2.75, 3.05) is 17.3 Å². The van der Waals surface area contributed by atoms with Gasteiger partial charge in [-0.3, -0.25) is 5.32 Å². The molecule has 8 heteroatoms. The number of anilines is 2. The topological polar surface area (TPSA) is 72.3 Å². The lowest BCUT2D eigenvalue weighted by atomic mass is 10.1. The molecule has 128 valence electrons. The number of aromatic nitrogens is 3. The lowest BCUT2D eigenvalue weighted by Gasteiger charge is -2.30. The molecule has 0 bridgehead atoms. The first-order valence-electron chi connectivity index (χ1n) is 7.62. The molecule has 3 rings (SSSR count). The Morgan fingerprint density at radius 2 is 2.04 bits per heavy atom. The van der Waals surface area contributed by atoms with E-state index in [9.17, 15) is 9.18 Å². The van der Waals surface area contributed by atoms with Crippen LogP contribution < -0.4 is 10.2 Å². The van der Waals surface area contributed by atoms with Crippen LogP contribution in [0.3, 0.4) is 0 Å². The van der Waals surface area contributed by atoms with Crippen LogP contribution in [0.1, 0.15) is 32.4 Å². The molecule has 1 aromatic heterocycles. The third-order valence-corrected chi connectivity index (χ3v) is 3.49. The molecule has 0 saturated heterocycles. The molecule has 2 heterocycles. The second kappa shape index (κ2) is 5.47. The summed E-state index contributed by atoms with van der Waals surface area (Å²) in [7, 11) is 1.81. The van der Waals surface area contributed by atoms with E-state index in [2.05, 4.69) is 15.4 Å². The van der Waals surface area contributed by atoms with Gasteiger partial charge in [0, 0.05) is 7.05 Å². The number of carbonyl (C=O) groups excluding carboxylic acids is 1. The van der Waals surface area contributed by atoms with E-state index in [0.717, 1.165) is 0 Å². The van der Waals surface area contributed by atoms with Crippen molar-refractivity contribution in [1.29, 1.82) is 0 Å². The summed E-state index contributed by atoms with van der Waals surface area (Å²) in [5, 5.41) is 6.95. The van der Waals surface area contributed by atoms with Crippen LogP contribution in [-0.2, 0) is 11.3 Å². The van der Waals surface area contributed by atoms with E-state index in [-0.39, 0.29) is 5.69 Å². The van der Waals surface area contributed by atoms with Gasteiger partial charge in [-0.2, -0.15) is 5.10 Å². The second-order valence-corrected chi connectivity index (χ2v) is 6.76. The maximum atomic E-state index is 14.5. The molecule has 0 saturated carbocycles. The van der Waals surface area contributed by atoms with Crippen LogP contribution in [0.15, 0.2) is 12.1 Å². The molecule has 1 amide bonds. The largest absolute Gasteiger partial charge is 0.444 e. The molecule has 1 aliphatic rings. The van der Waals surface area contributed by atoms with Crippen molar-refractivity contribution in [1.82, 2.24) is 14.8 Å². The Morgan fingerprint density at radius 1 is 1.33 bits per heavy atom. The van der Waals surface area contributed by atoms with Crippen molar-refractivity contribution >= 4 is 17.5 Å². The van der Waals surface area contributed by atoms with Gasteiger partial charge in [-0.15, -0.1) is 0 Å². The fraction of sp³-hybridized carbons (Fsp3) is 0.438. The minimum Gasteiger partial charge on any atom is -0.444 e. The van der Waals surface area contributed by atoms with E-state index in [1.807, 2.05) is 11.9 Å². The van der Waals surface area contributed by atoms with Crippen LogP contribution in [0.4, 0.5) is 20.6 Å². The lowest BCUT2D eigenvalue weighted by molar-refractivity contribution is 0.0636. The Labute approximate surface area is 139 Å². The summed E-state index contributed by atoms with van der Waals surface area (Å²) in [6.07, 6.45) is -0.592. The smallest absolute Gasteiger partial charge is 0.412 e. The number of amides is 1. The van der Waals surface area contributed by atoms with Gasteiger partial charge < -0.3 is 9.64 Å². The number of hydrogen-bond donors (Lipinski definition) is 1. The Hall–Kier alpha value is -2.64. The van der Waals surface area contributed by atoms with Gasteiger partial charge in [-0.1, -0.05) is 0 Å². The zero-order chi connectivity index (χ0) is 17.6.